The van der Waals surface area contributed by atoms with Crippen molar-refractivity contribution in [3.63, 3.8) is 0 Å². The number of hydrogen-bond acceptors (Lipinski definition) is 3. The molecule has 4 nitrogen and oxygen atoms in total. The van der Waals surface area contributed by atoms with Gasteiger partial charge in [-0.05, 0) is 43.9 Å². The number of rotatable bonds is 9. The Labute approximate surface area is 163 Å². The van der Waals surface area contributed by atoms with Gasteiger partial charge in [0.05, 0.1) is 11.5 Å². The topological polar surface area (TPSA) is 46.6 Å². The highest BCUT2D eigenvalue weighted by Crippen LogP contribution is 2.29. The average molecular weight is 388 g/mol. The molecule has 0 N–H and O–H groups in total. The van der Waals surface area contributed by atoms with E-state index in [0.29, 0.717) is 31.1 Å². The molecule has 0 atom stereocenters. The third kappa shape index (κ3) is 5.41. The Morgan fingerprint density at radius 2 is 1.67 bits per heavy atom. The van der Waals surface area contributed by atoms with Crippen molar-refractivity contribution >= 4 is 10.0 Å². The Morgan fingerprint density at radius 1 is 1.00 bits per heavy atom. The first kappa shape index (κ1) is 20.1. The molecular formula is C22H29NO3S. The van der Waals surface area contributed by atoms with Crippen molar-refractivity contribution in [3.8, 4) is 0 Å². The van der Waals surface area contributed by atoms with E-state index in [1.54, 1.807) is 16.4 Å². The zero-order valence-electron chi connectivity index (χ0n) is 16.0. The first-order chi connectivity index (χ1) is 13.1. The number of hydrogen-bond donors (Lipinski definition) is 0. The van der Waals surface area contributed by atoms with Crippen LogP contribution in [0.1, 0.15) is 43.2 Å². The predicted molar refractivity (Wildman–Crippen MR) is 108 cm³/mol. The number of sulfonamides is 1. The highest BCUT2D eigenvalue weighted by molar-refractivity contribution is 7.89. The summed E-state index contributed by atoms with van der Waals surface area (Å²) in [7, 11) is -3.46. The highest BCUT2D eigenvalue weighted by atomic mass is 32.2. The van der Waals surface area contributed by atoms with Gasteiger partial charge in [0.2, 0.25) is 10.0 Å². The minimum Gasteiger partial charge on any atom is -0.377 e. The molecule has 27 heavy (non-hydrogen) atoms. The van der Waals surface area contributed by atoms with Gasteiger partial charge in [-0.3, -0.25) is 0 Å². The Hall–Kier alpha value is -1.69. The predicted octanol–water partition coefficient (Wildman–Crippen LogP) is 4.54. The fourth-order valence-corrected chi connectivity index (χ4v) is 5.35. The molecule has 2 aromatic carbocycles. The molecule has 0 bridgehead atoms. The van der Waals surface area contributed by atoms with Crippen LogP contribution in [-0.2, 0) is 21.4 Å². The number of ether oxygens (including phenoxy) is 1. The summed E-state index contributed by atoms with van der Waals surface area (Å²) in [5, 5.41) is 0. The minimum atomic E-state index is -3.46. The molecule has 0 radical (unpaired) electrons. The van der Waals surface area contributed by atoms with Crippen LogP contribution in [-0.4, -0.2) is 31.9 Å². The van der Waals surface area contributed by atoms with Gasteiger partial charge in [-0.2, -0.15) is 4.31 Å². The molecule has 1 fully saturated rings. The molecule has 0 amide bonds. The maximum absolute atomic E-state index is 13.2. The molecule has 1 aliphatic rings. The number of benzene rings is 2. The van der Waals surface area contributed by atoms with Crippen LogP contribution in [0.25, 0.3) is 0 Å². The van der Waals surface area contributed by atoms with E-state index in [2.05, 4.69) is 0 Å². The summed E-state index contributed by atoms with van der Waals surface area (Å²) in [5.41, 5.74) is 2.20. The van der Waals surface area contributed by atoms with E-state index in [1.165, 1.54) is 0 Å². The first-order valence-electron chi connectivity index (χ1n) is 9.77. The summed E-state index contributed by atoms with van der Waals surface area (Å²) in [6.07, 6.45) is 4.82. The van der Waals surface area contributed by atoms with Crippen LogP contribution >= 0.6 is 0 Å². The van der Waals surface area contributed by atoms with Crippen LogP contribution in [0, 0.1) is 6.92 Å². The maximum atomic E-state index is 13.2. The lowest BCUT2D eigenvalue weighted by Gasteiger charge is -2.28. The Balaban J connectivity index is 1.60. The standard InChI is InChI=1S/C22H29NO3S/c1-19-12-14-22(15-13-19)27(24,25)23(21-10-5-6-11-21)16-7-17-26-18-20-8-3-2-4-9-20/h2-4,8-9,12-15,21H,5-7,10-11,16-18H2,1H3. The summed E-state index contributed by atoms with van der Waals surface area (Å²) in [5.74, 6) is 0. The van der Waals surface area contributed by atoms with Crippen molar-refractivity contribution in [2.45, 2.75) is 56.6 Å². The lowest BCUT2D eigenvalue weighted by Crippen LogP contribution is -2.39. The average Bonchev–Trinajstić information content (AvgIpc) is 3.20. The summed E-state index contributed by atoms with van der Waals surface area (Å²) in [6.45, 7) is 3.60. The van der Waals surface area contributed by atoms with Crippen LogP contribution in [0.3, 0.4) is 0 Å². The molecule has 2 aromatic rings. The fourth-order valence-electron chi connectivity index (χ4n) is 3.62. The van der Waals surface area contributed by atoms with E-state index in [9.17, 15) is 8.42 Å². The second-order valence-electron chi connectivity index (χ2n) is 7.26. The van der Waals surface area contributed by atoms with Crippen molar-refractivity contribution in [3.05, 3.63) is 65.7 Å². The van der Waals surface area contributed by atoms with Crippen LogP contribution in [0.5, 0.6) is 0 Å². The normalized spacial score (nSPS) is 15.5. The van der Waals surface area contributed by atoms with Crippen molar-refractivity contribution in [1.29, 1.82) is 0 Å². The second-order valence-corrected chi connectivity index (χ2v) is 9.15. The third-order valence-corrected chi connectivity index (χ3v) is 7.10. The number of nitrogens with zero attached hydrogens (tertiary/aromatic N) is 1. The maximum Gasteiger partial charge on any atom is 0.243 e. The molecule has 0 unspecified atom stereocenters. The summed E-state index contributed by atoms with van der Waals surface area (Å²) in [4.78, 5) is 0.394. The molecule has 0 spiro atoms. The monoisotopic (exact) mass is 387 g/mol. The largest absolute Gasteiger partial charge is 0.377 e. The van der Waals surface area contributed by atoms with Crippen molar-refractivity contribution in [1.82, 2.24) is 4.31 Å². The van der Waals surface area contributed by atoms with Gasteiger partial charge in [0.1, 0.15) is 0 Å². The minimum absolute atomic E-state index is 0.116. The van der Waals surface area contributed by atoms with Gasteiger partial charge >= 0.3 is 0 Å². The molecule has 3 rings (SSSR count). The smallest absolute Gasteiger partial charge is 0.243 e. The molecule has 5 heteroatoms. The number of aryl methyl sites for hydroxylation is 1. The zero-order valence-corrected chi connectivity index (χ0v) is 16.8. The quantitative estimate of drug-likeness (QED) is 0.594. The van der Waals surface area contributed by atoms with Crippen molar-refractivity contribution in [2.24, 2.45) is 0 Å². The SMILES string of the molecule is Cc1ccc(S(=O)(=O)N(CCCOCc2ccccc2)C2CCCC2)cc1. The van der Waals surface area contributed by atoms with Crippen LogP contribution in [0.4, 0.5) is 0 Å². The fraction of sp³-hybridized carbons (Fsp3) is 0.455. The van der Waals surface area contributed by atoms with Crippen molar-refractivity contribution < 1.29 is 13.2 Å². The molecule has 0 heterocycles. The summed E-state index contributed by atoms with van der Waals surface area (Å²) < 4.78 is 33.9. The van der Waals surface area contributed by atoms with Gasteiger partial charge in [0.15, 0.2) is 0 Å². The second kappa shape index (κ2) is 9.49. The van der Waals surface area contributed by atoms with E-state index < -0.39 is 10.0 Å². The lowest BCUT2D eigenvalue weighted by atomic mass is 10.2. The van der Waals surface area contributed by atoms with E-state index in [4.69, 9.17) is 4.74 Å². The van der Waals surface area contributed by atoms with Gasteiger partial charge in [-0.15, -0.1) is 0 Å². The van der Waals surface area contributed by atoms with E-state index in [-0.39, 0.29) is 6.04 Å². The van der Waals surface area contributed by atoms with Gasteiger partial charge in [-0.1, -0.05) is 60.9 Å². The molecular weight excluding hydrogens is 358 g/mol. The highest BCUT2D eigenvalue weighted by Gasteiger charge is 2.32. The van der Waals surface area contributed by atoms with E-state index in [0.717, 1.165) is 36.8 Å². The van der Waals surface area contributed by atoms with Crippen LogP contribution in [0.2, 0.25) is 0 Å². The molecule has 1 saturated carbocycles. The van der Waals surface area contributed by atoms with Gasteiger partial charge in [0.25, 0.3) is 0 Å². The molecule has 0 saturated heterocycles. The van der Waals surface area contributed by atoms with Gasteiger partial charge in [0, 0.05) is 19.2 Å². The van der Waals surface area contributed by atoms with Gasteiger partial charge in [-0.25, -0.2) is 8.42 Å². The Kier molecular flexibility index (Phi) is 7.05. The van der Waals surface area contributed by atoms with E-state index in [1.807, 2.05) is 49.4 Å². The van der Waals surface area contributed by atoms with Crippen molar-refractivity contribution in [2.75, 3.05) is 13.2 Å². The molecule has 0 aliphatic heterocycles. The first-order valence-corrected chi connectivity index (χ1v) is 11.2. The summed E-state index contributed by atoms with van der Waals surface area (Å²) >= 11 is 0. The van der Waals surface area contributed by atoms with E-state index >= 15 is 0 Å². The lowest BCUT2D eigenvalue weighted by molar-refractivity contribution is 0.112. The van der Waals surface area contributed by atoms with Gasteiger partial charge < -0.3 is 4.74 Å². The molecule has 1 aliphatic carbocycles. The zero-order chi connectivity index (χ0) is 19.1. The van der Waals surface area contributed by atoms with Crippen LogP contribution in [0.15, 0.2) is 59.5 Å². The summed E-state index contributed by atoms with van der Waals surface area (Å²) in [6, 6.07) is 17.3. The Morgan fingerprint density at radius 3 is 2.33 bits per heavy atom. The molecule has 0 aromatic heterocycles. The third-order valence-electron chi connectivity index (χ3n) is 5.14. The molecule has 146 valence electrons. The van der Waals surface area contributed by atoms with Crippen LogP contribution < -0.4 is 0 Å². The Bertz CT molecular complexity index is 797.